The van der Waals surface area contributed by atoms with Gasteiger partial charge in [-0.25, -0.2) is 4.79 Å². The number of aromatic hydroxyl groups is 1. The van der Waals surface area contributed by atoms with E-state index in [-0.39, 0.29) is 34.7 Å². The number of fused-ring (bicyclic) bond motifs is 1. The number of thioether (sulfide) groups is 1. The van der Waals surface area contributed by atoms with Gasteiger partial charge in [0.2, 0.25) is 0 Å². The van der Waals surface area contributed by atoms with Gasteiger partial charge < -0.3 is 15.2 Å². The number of carbonyl (C=O) groups excluding carboxylic acids is 1. The van der Waals surface area contributed by atoms with Crippen LogP contribution in [0.5, 0.6) is 5.75 Å². The number of hydrogen-bond acceptors (Lipinski definition) is 4. The average Bonchev–Trinajstić information content (AvgIpc) is 2.64. The number of rotatable bonds is 4. The number of phenols is 1. The fourth-order valence-corrected chi connectivity index (χ4v) is 6.38. The molecule has 5 heteroatoms. The van der Waals surface area contributed by atoms with Crippen molar-refractivity contribution in [2.24, 2.45) is 17.8 Å². The maximum absolute atomic E-state index is 13.0. The predicted octanol–water partition coefficient (Wildman–Crippen LogP) is 5.51. The zero-order valence-corrected chi connectivity index (χ0v) is 19.5. The van der Waals surface area contributed by atoms with E-state index < -0.39 is 0 Å². The Balaban J connectivity index is 1.77. The third kappa shape index (κ3) is 4.70. The highest BCUT2D eigenvalue weighted by atomic mass is 32.2. The van der Waals surface area contributed by atoms with Gasteiger partial charge in [0.05, 0.1) is 6.04 Å². The monoisotopic (exact) mass is 419 g/mol. The van der Waals surface area contributed by atoms with Crippen molar-refractivity contribution >= 4 is 17.9 Å². The predicted molar refractivity (Wildman–Crippen MR) is 121 cm³/mol. The number of phenolic OH excluding ortho intramolecular Hbond substituents is 1. The molecule has 5 atom stereocenters. The van der Waals surface area contributed by atoms with Crippen molar-refractivity contribution in [2.75, 3.05) is 6.26 Å². The maximum Gasteiger partial charge on any atom is 0.407 e. The Kier molecular flexibility index (Phi) is 6.77. The fourth-order valence-electron chi connectivity index (χ4n) is 5.35. The Morgan fingerprint density at radius 3 is 2.69 bits per heavy atom. The van der Waals surface area contributed by atoms with Crippen molar-refractivity contribution in [3.8, 4) is 5.75 Å². The first-order valence-corrected chi connectivity index (χ1v) is 12.2. The first kappa shape index (κ1) is 22.3. The molecule has 1 fully saturated rings. The zero-order chi connectivity index (χ0) is 21.3. The first-order chi connectivity index (χ1) is 13.6. The van der Waals surface area contributed by atoms with Crippen LogP contribution in [0, 0.1) is 17.8 Å². The second-order valence-corrected chi connectivity index (χ2v) is 11.0. The fraction of sp³-hybridized carbons (Fsp3) is 0.708. The molecule has 1 unspecified atom stereocenters. The van der Waals surface area contributed by atoms with E-state index >= 15 is 0 Å². The number of carbonyl (C=O) groups is 1. The van der Waals surface area contributed by atoms with Gasteiger partial charge >= 0.3 is 6.09 Å². The van der Waals surface area contributed by atoms with Gasteiger partial charge in [0.1, 0.15) is 11.9 Å². The molecule has 0 bridgehead atoms. The largest absolute Gasteiger partial charge is 0.508 e. The summed E-state index contributed by atoms with van der Waals surface area (Å²) in [6.07, 6.45) is 5.97. The van der Waals surface area contributed by atoms with Crippen LogP contribution in [0.15, 0.2) is 18.2 Å². The zero-order valence-electron chi connectivity index (χ0n) is 18.7. The summed E-state index contributed by atoms with van der Waals surface area (Å²) < 4.78 is 6.03. The molecule has 162 valence electrons. The Morgan fingerprint density at radius 1 is 1.31 bits per heavy atom. The molecule has 0 aliphatic heterocycles. The lowest BCUT2D eigenvalue weighted by molar-refractivity contribution is 0.00369. The Morgan fingerprint density at radius 2 is 2.03 bits per heavy atom. The van der Waals surface area contributed by atoms with Crippen molar-refractivity contribution in [3.63, 3.8) is 0 Å². The summed E-state index contributed by atoms with van der Waals surface area (Å²) >= 11 is 1.79. The minimum atomic E-state index is -0.296. The van der Waals surface area contributed by atoms with Crippen LogP contribution in [-0.4, -0.2) is 34.9 Å². The maximum atomic E-state index is 13.0. The molecule has 2 N–H and O–H groups in total. The van der Waals surface area contributed by atoms with Gasteiger partial charge in [-0.3, -0.25) is 0 Å². The number of ether oxygens (including phenoxy) is 1. The number of benzene rings is 1. The lowest BCUT2D eigenvalue weighted by Crippen LogP contribution is -2.57. The van der Waals surface area contributed by atoms with Crippen LogP contribution in [0.2, 0.25) is 0 Å². The summed E-state index contributed by atoms with van der Waals surface area (Å²) in [7, 11) is 0. The average molecular weight is 420 g/mol. The molecule has 0 aromatic heterocycles. The van der Waals surface area contributed by atoms with Crippen LogP contribution in [0.25, 0.3) is 0 Å². The second kappa shape index (κ2) is 8.79. The Hall–Kier alpha value is -1.36. The molecule has 0 spiro atoms. The molecule has 4 nitrogen and oxygen atoms in total. The molecule has 2 aliphatic rings. The highest BCUT2D eigenvalue weighted by molar-refractivity contribution is 7.99. The van der Waals surface area contributed by atoms with Gasteiger partial charge in [0, 0.05) is 10.7 Å². The molecule has 0 heterocycles. The van der Waals surface area contributed by atoms with E-state index in [1.165, 1.54) is 12.0 Å². The Labute approximate surface area is 180 Å². The smallest absolute Gasteiger partial charge is 0.407 e. The van der Waals surface area contributed by atoms with Gasteiger partial charge in [-0.15, -0.1) is 0 Å². The van der Waals surface area contributed by atoms with Crippen LogP contribution in [0.1, 0.15) is 65.0 Å². The summed E-state index contributed by atoms with van der Waals surface area (Å²) in [5, 5.41) is 13.5. The SMILES string of the molecule is CS[C@H]1Cc2ccc(O)cc2C(C)(C)[C@@H]1NC(=O)OC1C[C@H](C)CC[C@H]1C(C)C. The number of hydrogen-bond donors (Lipinski definition) is 2. The molecule has 1 saturated carbocycles. The van der Waals surface area contributed by atoms with E-state index in [1.807, 2.05) is 12.1 Å². The lowest BCUT2D eigenvalue weighted by Gasteiger charge is -2.45. The van der Waals surface area contributed by atoms with Crippen LogP contribution in [0.4, 0.5) is 4.79 Å². The minimum Gasteiger partial charge on any atom is -0.508 e. The molecular weight excluding hydrogens is 382 g/mol. The standard InChI is InChI=1S/C24H37NO3S/c1-14(2)18-10-7-15(3)11-20(18)28-23(27)25-22-21(29-6)12-16-8-9-17(26)13-19(16)24(22,4)5/h8-9,13-15,18,20-22,26H,7,10-12H2,1-6H3,(H,25,27)/t15-,18+,20?,21+,22-/m1/s1. The number of amides is 1. The van der Waals surface area contributed by atoms with E-state index in [0.29, 0.717) is 17.8 Å². The van der Waals surface area contributed by atoms with Crippen LogP contribution in [-0.2, 0) is 16.6 Å². The van der Waals surface area contributed by atoms with Gasteiger partial charge in [-0.1, -0.05) is 47.1 Å². The lowest BCUT2D eigenvalue weighted by atomic mass is 9.69. The Bertz CT molecular complexity index is 733. The van der Waals surface area contributed by atoms with Crippen molar-refractivity contribution < 1.29 is 14.6 Å². The molecule has 2 aliphatic carbocycles. The summed E-state index contributed by atoms with van der Waals surface area (Å²) in [4.78, 5) is 13.0. The summed E-state index contributed by atoms with van der Waals surface area (Å²) in [5.74, 6) is 1.82. The number of nitrogens with one attached hydrogen (secondary N) is 1. The van der Waals surface area contributed by atoms with Crippen molar-refractivity contribution in [3.05, 3.63) is 29.3 Å². The van der Waals surface area contributed by atoms with E-state index in [9.17, 15) is 9.90 Å². The van der Waals surface area contributed by atoms with E-state index in [4.69, 9.17) is 4.74 Å². The minimum absolute atomic E-state index is 0.00508. The van der Waals surface area contributed by atoms with Crippen molar-refractivity contribution in [1.82, 2.24) is 5.32 Å². The normalized spacial score (nSPS) is 31.2. The summed E-state index contributed by atoms with van der Waals surface area (Å²) in [6, 6.07) is 5.56. The van der Waals surface area contributed by atoms with Gasteiger partial charge in [0.15, 0.2) is 0 Å². The summed E-state index contributed by atoms with van der Waals surface area (Å²) in [5.41, 5.74) is 2.06. The van der Waals surface area contributed by atoms with Crippen LogP contribution >= 0.6 is 11.8 Å². The first-order valence-electron chi connectivity index (χ1n) is 11.0. The molecular formula is C24H37NO3S. The molecule has 1 aromatic rings. The van der Waals surface area contributed by atoms with E-state index in [1.54, 1.807) is 17.8 Å². The van der Waals surface area contributed by atoms with E-state index in [2.05, 4.69) is 46.2 Å². The van der Waals surface area contributed by atoms with Gasteiger partial charge in [0.25, 0.3) is 0 Å². The molecule has 0 saturated heterocycles. The second-order valence-electron chi connectivity index (χ2n) is 9.93. The highest BCUT2D eigenvalue weighted by Gasteiger charge is 2.44. The molecule has 29 heavy (non-hydrogen) atoms. The third-order valence-corrected chi connectivity index (χ3v) is 8.20. The molecule has 1 aromatic carbocycles. The van der Waals surface area contributed by atoms with E-state index in [0.717, 1.165) is 24.8 Å². The van der Waals surface area contributed by atoms with Crippen LogP contribution in [0.3, 0.4) is 0 Å². The van der Waals surface area contributed by atoms with Gasteiger partial charge in [-0.2, -0.15) is 11.8 Å². The third-order valence-electron chi connectivity index (χ3n) is 7.15. The van der Waals surface area contributed by atoms with Crippen LogP contribution < -0.4 is 5.32 Å². The molecule has 1 amide bonds. The number of alkyl carbamates (subject to hydrolysis) is 1. The van der Waals surface area contributed by atoms with Crippen molar-refractivity contribution in [1.29, 1.82) is 0 Å². The topological polar surface area (TPSA) is 58.6 Å². The van der Waals surface area contributed by atoms with Crippen molar-refractivity contribution in [2.45, 2.75) is 83.1 Å². The quantitative estimate of drug-likeness (QED) is 0.675. The molecule has 3 rings (SSSR count). The highest BCUT2D eigenvalue weighted by Crippen LogP contribution is 2.42. The van der Waals surface area contributed by atoms with Gasteiger partial charge in [-0.05, 0) is 66.5 Å². The molecule has 0 radical (unpaired) electrons. The summed E-state index contributed by atoms with van der Waals surface area (Å²) in [6.45, 7) is 11.0.